The van der Waals surface area contributed by atoms with Crippen molar-refractivity contribution >= 4 is 23.2 Å². The number of hydrogen-bond acceptors (Lipinski definition) is 4. The maximum Gasteiger partial charge on any atom is 0.274 e. The second kappa shape index (κ2) is 8.13. The molecule has 0 unspecified atom stereocenters. The molecule has 0 bridgehead atoms. The van der Waals surface area contributed by atoms with Gasteiger partial charge in [-0.05, 0) is 30.2 Å². The summed E-state index contributed by atoms with van der Waals surface area (Å²) in [5.74, 6) is 1.70. The van der Waals surface area contributed by atoms with Gasteiger partial charge in [-0.1, -0.05) is 25.4 Å². The number of imidazole rings is 1. The monoisotopic (exact) mass is 401 g/mol. The van der Waals surface area contributed by atoms with Crippen LogP contribution in [0.1, 0.15) is 30.2 Å². The molecule has 1 aromatic carbocycles. The molecule has 0 saturated carbocycles. The number of carbonyl (C=O) groups excluding carboxylic acids is 1. The van der Waals surface area contributed by atoms with E-state index < -0.39 is 0 Å². The van der Waals surface area contributed by atoms with Crippen LogP contribution in [-0.2, 0) is 13.1 Å². The zero-order valence-electron chi connectivity index (χ0n) is 16.6. The van der Waals surface area contributed by atoms with Crippen LogP contribution < -0.4 is 4.90 Å². The van der Waals surface area contributed by atoms with Gasteiger partial charge < -0.3 is 14.4 Å². The van der Waals surface area contributed by atoms with E-state index in [-0.39, 0.29) is 5.91 Å². The van der Waals surface area contributed by atoms with Crippen LogP contribution in [0.25, 0.3) is 0 Å². The Hall–Kier alpha value is -2.05. The maximum atomic E-state index is 13.0. The molecule has 1 aromatic heterocycles. The molecule has 7 heteroatoms. The fourth-order valence-corrected chi connectivity index (χ4v) is 4.19. The number of piperazine rings is 1. The first-order valence-corrected chi connectivity index (χ1v) is 10.5. The van der Waals surface area contributed by atoms with E-state index in [2.05, 4.69) is 33.2 Å². The van der Waals surface area contributed by atoms with E-state index in [9.17, 15) is 4.79 Å². The van der Waals surface area contributed by atoms with Gasteiger partial charge in [0.2, 0.25) is 0 Å². The third kappa shape index (κ3) is 4.18. The lowest BCUT2D eigenvalue weighted by Crippen LogP contribution is -2.48. The molecule has 3 heterocycles. The Balaban J connectivity index is 1.37. The van der Waals surface area contributed by atoms with E-state index in [1.54, 1.807) is 0 Å². The minimum Gasteiger partial charge on any atom is -0.368 e. The first kappa shape index (κ1) is 19.3. The van der Waals surface area contributed by atoms with Crippen molar-refractivity contribution in [1.29, 1.82) is 0 Å². The van der Waals surface area contributed by atoms with Crippen molar-refractivity contribution in [3.8, 4) is 0 Å². The highest BCUT2D eigenvalue weighted by Gasteiger charge is 2.26. The van der Waals surface area contributed by atoms with Gasteiger partial charge in [0.05, 0.1) is 6.54 Å². The van der Waals surface area contributed by atoms with Crippen molar-refractivity contribution in [1.82, 2.24) is 19.4 Å². The molecule has 150 valence electrons. The predicted molar refractivity (Wildman–Crippen MR) is 112 cm³/mol. The molecule has 2 aliphatic rings. The summed E-state index contributed by atoms with van der Waals surface area (Å²) in [7, 11) is 0. The quantitative estimate of drug-likeness (QED) is 0.790. The van der Waals surface area contributed by atoms with Crippen LogP contribution >= 0.6 is 11.6 Å². The molecule has 6 nitrogen and oxygen atoms in total. The highest BCUT2D eigenvalue weighted by atomic mass is 35.5. The summed E-state index contributed by atoms with van der Waals surface area (Å²) >= 11 is 5.98. The average molecular weight is 402 g/mol. The van der Waals surface area contributed by atoms with Crippen molar-refractivity contribution in [3.05, 3.63) is 47.0 Å². The number of aromatic nitrogens is 2. The van der Waals surface area contributed by atoms with Gasteiger partial charge >= 0.3 is 0 Å². The number of hydrogen-bond donors (Lipinski definition) is 0. The SMILES string of the molecule is CC(C)CN1CCn2cc(C(=O)N3CCN(c4ccc(Cl)cc4)CC3)nc2C1. The second-order valence-corrected chi connectivity index (χ2v) is 8.56. The van der Waals surface area contributed by atoms with Gasteiger partial charge in [-0.15, -0.1) is 0 Å². The topological polar surface area (TPSA) is 44.6 Å². The number of fused-ring (bicyclic) bond motifs is 1. The van der Waals surface area contributed by atoms with Gasteiger partial charge in [0.15, 0.2) is 0 Å². The highest BCUT2D eigenvalue weighted by molar-refractivity contribution is 6.30. The molecule has 4 rings (SSSR count). The van der Waals surface area contributed by atoms with Crippen molar-refractivity contribution in [2.45, 2.75) is 26.9 Å². The molecule has 28 heavy (non-hydrogen) atoms. The normalized spacial score (nSPS) is 17.9. The van der Waals surface area contributed by atoms with Crippen LogP contribution in [0, 0.1) is 5.92 Å². The number of halogens is 1. The predicted octanol–water partition coefficient (Wildman–Crippen LogP) is 2.97. The minimum absolute atomic E-state index is 0.0491. The number of nitrogens with zero attached hydrogens (tertiary/aromatic N) is 5. The molecule has 2 aromatic rings. The van der Waals surface area contributed by atoms with Gasteiger partial charge in [-0.25, -0.2) is 4.98 Å². The summed E-state index contributed by atoms with van der Waals surface area (Å²) in [4.78, 5) is 24.3. The van der Waals surface area contributed by atoms with E-state index in [1.807, 2.05) is 35.4 Å². The number of anilines is 1. The lowest BCUT2D eigenvalue weighted by atomic mass is 10.2. The van der Waals surface area contributed by atoms with Crippen LogP contribution in [-0.4, -0.2) is 64.5 Å². The van der Waals surface area contributed by atoms with Gasteiger partial charge in [0.1, 0.15) is 11.5 Å². The molecule has 0 radical (unpaired) electrons. The molecular weight excluding hydrogens is 374 g/mol. The largest absolute Gasteiger partial charge is 0.368 e. The molecule has 0 aliphatic carbocycles. The average Bonchev–Trinajstić information content (AvgIpc) is 3.11. The highest BCUT2D eigenvalue weighted by Crippen LogP contribution is 2.21. The summed E-state index contributed by atoms with van der Waals surface area (Å²) in [6, 6.07) is 7.89. The number of carbonyl (C=O) groups is 1. The summed E-state index contributed by atoms with van der Waals surface area (Å²) in [6.07, 6.45) is 1.94. The van der Waals surface area contributed by atoms with Crippen molar-refractivity contribution in [3.63, 3.8) is 0 Å². The fraction of sp³-hybridized carbons (Fsp3) is 0.524. The number of rotatable bonds is 4. The first-order chi connectivity index (χ1) is 13.5. The Bertz CT molecular complexity index is 824. The van der Waals surface area contributed by atoms with Crippen LogP contribution in [0.5, 0.6) is 0 Å². The van der Waals surface area contributed by atoms with Crippen LogP contribution in [0.3, 0.4) is 0 Å². The van der Waals surface area contributed by atoms with Crippen LogP contribution in [0.2, 0.25) is 5.02 Å². The standard InChI is InChI=1S/C21H28ClN5O/c1-16(2)13-24-7-8-27-14-19(23-20(27)15-24)21(28)26-11-9-25(10-12-26)18-5-3-17(22)4-6-18/h3-6,14,16H,7-13,15H2,1-2H3. The summed E-state index contributed by atoms with van der Waals surface area (Å²) in [5.41, 5.74) is 1.74. The Morgan fingerprint density at radius 1 is 1.07 bits per heavy atom. The smallest absolute Gasteiger partial charge is 0.274 e. The van der Waals surface area contributed by atoms with Crippen LogP contribution in [0.15, 0.2) is 30.5 Å². The summed E-state index contributed by atoms with van der Waals surface area (Å²) < 4.78 is 2.15. The molecule has 1 amide bonds. The van der Waals surface area contributed by atoms with E-state index in [0.717, 1.165) is 55.8 Å². The van der Waals surface area contributed by atoms with E-state index in [0.29, 0.717) is 24.7 Å². The fourth-order valence-electron chi connectivity index (χ4n) is 4.06. The van der Waals surface area contributed by atoms with Gasteiger partial charge in [-0.2, -0.15) is 0 Å². The molecule has 0 spiro atoms. The third-order valence-electron chi connectivity index (χ3n) is 5.48. The van der Waals surface area contributed by atoms with Crippen LogP contribution in [0.4, 0.5) is 5.69 Å². The van der Waals surface area contributed by atoms with Crippen molar-refractivity contribution < 1.29 is 4.79 Å². The lowest BCUT2D eigenvalue weighted by molar-refractivity contribution is 0.0741. The lowest BCUT2D eigenvalue weighted by Gasteiger charge is -2.35. The minimum atomic E-state index is 0.0491. The molecular formula is C21H28ClN5O. The molecule has 1 fully saturated rings. The Morgan fingerprint density at radius 3 is 2.46 bits per heavy atom. The molecule has 2 aliphatic heterocycles. The van der Waals surface area contributed by atoms with Gasteiger partial charge in [-0.3, -0.25) is 9.69 Å². The Labute approximate surface area is 171 Å². The van der Waals surface area contributed by atoms with E-state index in [4.69, 9.17) is 11.6 Å². The van der Waals surface area contributed by atoms with Crippen molar-refractivity contribution in [2.75, 3.05) is 44.2 Å². The summed E-state index contributed by atoms with van der Waals surface area (Å²) in [5, 5.41) is 0.744. The summed E-state index contributed by atoms with van der Waals surface area (Å²) in [6.45, 7) is 11.4. The van der Waals surface area contributed by atoms with E-state index >= 15 is 0 Å². The van der Waals surface area contributed by atoms with Gasteiger partial charge in [0.25, 0.3) is 5.91 Å². The molecule has 0 atom stereocenters. The first-order valence-electron chi connectivity index (χ1n) is 10.1. The maximum absolute atomic E-state index is 13.0. The third-order valence-corrected chi connectivity index (χ3v) is 5.73. The molecule has 0 N–H and O–H groups in total. The second-order valence-electron chi connectivity index (χ2n) is 8.12. The number of amides is 1. The zero-order chi connectivity index (χ0) is 19.7. The number of benzene rings is 1. The molecule has 1 saturated heterocycles. The Morgan fingerprint density at radius 2 is 1.79 bits per heavy atom. The van der Waals surface area contributed by atoms with Crippen molar-refractivity contribution in [2.24, 2.45) is 5.92 Å². The zero-order valence-corrected chi connectivity index (χ0v) is 17.4. The van der Waals surface area contributed by atoms with Gasteiger partial charge in [0, 0.05) is 62.7 Å². The Kier molecular flexibility index (Phi) is 5.60. The van der Waals surface area contributed by atoms with E-state index in [1.165, 1.54) is 0 Å².